The van der Waals surface area contributed by atoms with Gasteiger partial charge in [0, 0.05) is 33.6 Å². The molecule has 1 unspecified atom stereocenters. The molecule has 1 aliphatic rings. The molecule has 7 aromatic carbocycles. The normalized spacial score (nSPS) is 14.7. The minimum absolute atomic E-state index is 0.521. The van der Waals surface area contributed by atoms with Crippen LogP contribution in [0.3, 0.4) is 0 Å². The van der Waals surface area contributed by atoms with Gasteiger partial charge in [0.05, 0.1) is 5.69 Å². The number of benzene rings is 7. The van der Waals surface area contributed by atoms with Crippen LogP contribution in [0.2, 0.25) is 0 Å². The molecule has 0 radical (unpaired) electrons. The predicted octanol–water partition coefficient (Wildman–Crippen LogP) is 11.7. The van der Waals surface area contributed by atoms with Crippen LogP contribution in [0.1, 0.15) is 18.1 Å². The molecule has 0 saturated heterocycles. The fourth-order valence-electron chi connectivity index (χ4n) is 7.16. The van der Waals surface area contributed by atoms with Crippen molar-refractivity contribution >= 4 is 77.4 Å². The Morgan fingerprint density at radius 3 is 2.19 bits per heavy atom. The summed E-state index contributed by atoms with van der Waals surface area (Å²) < 4.78 is 6.58. The second kappa shape index (κ2) is 9.34. The highest BCUT2D eigenvalue weighted by atomic mass is 16.3. The summed E-state index contributed by atoms with van der Waals surface area (Å²) >= 11 is 0. The molecule has 8 aromatic rings. The topological polar surface area (TPSA) is 16.4 Å². The van der Waals surface area contributed by atoms with Crippen LogP contribution in [0.4, 0.5) is 17.1 Å². The maximum atomic E-state index is 6.58. The molecule has 0 N–H and O–H groups in total. The smallest absolute Gasteiger partial charge is 0.137 e. The van der Waals surface area contributed by atoms with Crippen molar-refractivity contribution in [2.45, 2.75) is 13.3 Å². The summed E-state index contributed by atoms with van der Waals surface area (Å²) in [4.78, 5) is 2.39. The minimum atomic E-state index is 0.521. The third-order valence-electron chi connectivity index (χ3n) is 9.14. The van der Waals surface area contributed by atoms with Crippen molar-refractivity contribution < 1.29 is 4.42 Å². The molecule has 0 saturated carbocycles. The fraction of sp³-hybridized carbons (Fsp3) is 0.0732. The molecule has 1 aromatic heterocycles. The van der Waals surface area contributed by atoms with Crippen LogP contribution in [0, 0.1) is 5.92 Å². The molecule has 0 aliphatic heterocycles. The Labute approximate surface area is 250 Å². The molecule has 1 aliphatic carbocycles. The van der Waals surface area contributed by atoms with E-state index in [1.807, 2.05) is 0 Å². The number of hydrogen-bond acceptors (Lipinski definition) is 2. The lowest BCUT2D eigenvalue weighted by Gasteiger charge is -2.28. The van der Waals surface area contributed by atoms with Gasteiger partial charge in [-0.1, -0.05) is 104 Å². The summed E-state index contributed by atoms with van der Waals surface area (Å²) in [5.74, 6) is 0.521. The average molecular weight is 552 g/mol. The zero-order valence-electron chi connectivity index (χ0n) is 23.9. The number of rotatable bonds is 3. The molecule has 43 heavy (non-hydrogen) atoms. The van der Waals surface area contributed by atoms with Crippen molar-refractivity contribution in [3.63, 3.8) is 0 Å². The van der Waals surface area contributed by atoms with Crippen molar-refractivity contribution in [3.05, 3.63) is 145 Å². The van der Waals surface area contributed by atoms with E-state index in [1.165, 1.54) is 54.2 Å². The number of anilines is 3. The largest absolute Gasteiger partial charge is 0.456 e. The van der Waals surface area contributed by atoms with Gasteiger partial charge >= 0.3 is 0 Å². The lowest BCUT2D eigenvalue weighted by molar-refractivity contribution is 0.667. The highest BCUT2D eigenvalue weighted by molar-refractivity contribution is 6.24. The van der Waals surface area contributed by atoms with E-state index in [0.29, 0.717) is 5.92 Å². The molecule has 2 heteroatoms. The van der Waals surface area contributed by atoms with E-state index < -0.39 is 0 Å². The second-order valence-electron chi connectivity index (χ2n) is 11.8. The van der Waals surface area contributed by atoms with E-state index >= 15 is 0 Å². The molecule has 9 rings (SSSR count). The predicted molar refractivity (Wildman–Crippen MR) is 183 cm³/mol. The van der Waals surface area contributed by atoms with Crippen LogP contribution in [0.25, 0.3) is 60.3 Å². The highest BCUT2D eigenvalue weighted by Gasteiger charge is 2.22. The van der Waals surface area contributed by atoms with Crippen molar-refractivity contribution in [1.29, 1.82) is 0 Å². The van der Waals surface area contributed by atoms with Gasteiger partial charge in [0.25, 0.3) is 0 Å². The first-order valence-corrected chi connectivity index (χ1v) is 15.1. The first-order valence-electron chi connectivity index (χ1n) is 15.1. The van der Waals surface area contributed by atoms with Crippen LogP contribution in [0.5, 0.6) is 0 Å². The number of allylic oxidation sites excluding steroid dienone is 1. The quantitative estimate of drug-likeness (QED) is 0.203. The van der Waals surface area contributed by atoms with Crippen LogP contribution in [-0.4, -0.2) is 0 Å². The van der Waals surface area contributed by atoms with E-state index in [2.05, 4.69) is 151 Å². The summed E-state index contributed by atoms with van der Waals surface area (Å²) in [7, 11) is 0. The van der Waals surface area contributed by atoms with Crippen molar-refractivity contribution in [2.24, 2.45) is 5.92 Å². The average Bonchev–Trinajstić information content (AvgIpc) is 3.43. The van der Waals surface area contributed by atoms with Crippen LogP contribution < -0.4 is 4.90 Å². The van der Waals surface area contributed by atoms with Crippen molar-refractivity contribution in [3.8, 4) is 0 Å². The summed E-state index contributed by atoms with van der Waals surface area (Å²) in [5, 5.41) is 9.95. The molecular weight excluding hydrogens is 522 g/mol. The molecule has 204 valence electrons. The Morgan fingerprint density at radius 1 is 0.581 bits per heavy atom. The second-order valence-corrected chi connectivity index (χ2v) is 11.8. The standard InChI is InChI=1S/C41H29NO/c1-26-15-16-28-18-22-38-41(36(28)23-26)35-21-19-31(25-39(35)43-38)42(30-11-3-2-4-12-30)37-24-29-10-6-8-14-33(29)40-32-13-7-5-9-27(32)17-20-34(37)40/h2-22,24-26H,23H2,1H3. The minimum Gasteiger partial charge on any atom is -0.456 e. The van der Waals surface area contributed by atoms with Crippen LogP contribution in [0.15, 0.2) is 138 Å². The summed E-state index contributed by atoms with van der Waals surface area (Å²) in [6, 6.07) is 46.1. The first kappa shape index (κ1) is 24.3. The van der Waals surface area contributed by atoms with Crippen molar-refractivity contribution in [2.75, 3.05) is 4.90 Å². The van der Waals surface area contributed by atoms with Crippen LogP contribution in [-0.2, 0) is 6.42 Å². The fourth-order valence-corrected chi connectivity index (χ4v) is 7.16. The monoisotopic (exact) mass is 551 g/mol. The number of furan rings is 1. The lowest BCUT2D eigenvalue weighted by Crippen LogP contribution is -2.10. The van der Waals surface area contributed by atoms with E-state index in [1.54, 1.807) is 0 Å². The maximum absolute atomic E-state index is 6.58. The molecule has 1 atom stereocenters. The summed E-state index contributed by atoms with van der Waals surface area (Å²) in [6.07, 6.45) is 5.61. The maximum Gasteiger partial charge on any atom is 0.137 e. The van der Waals surface area contributed by atoms with Crippen LogP contribution >= 0.6 is 0 Å². The number of nitrogens with zero attached hydrogens (tertiary/aromatic N) is 1. The van der Waals surface area contributed by atoms with Gasteiger partial charge in [-0.15, -0.1) is 0 Å². The van der Waals surface area contributed by atoms with Gasteiger partial charge in [0.15, 0.2) is 0 Å². The molecule has 2 nitrogen and oxygen atoms in total. The van der Waals surface area contributed by atoms with Gasteiger partial charge in [-0.2, -0.15) is 0 Å². The Balaban J connectivity index is 1.34. The summed E-state index contributed by atoms with van der Waals surface area (Å²) in [6.45, 7) is 2.29. The third-order valence-corrected chi connectivity index (χ3v) is 9.14. The van der Waals surface area contributed by atoms with Gasteiger partial charge in [-0.3, -0.25) is 0 Å². The zero-order chi connectivity index (χ0) is 28.5. The summed E-state index contributed by atoms with van der Waals surface area (Å²) in [5.41, 5.74) is 7.91. The molecule has 0 spiro atoms. The third kappa shape index (κ3) is 3.73. The van der Waals surface area contributed by atoms with Gasteiger partial charge in [-0.05, 0) is 86.8 Å². The van der Waals surface area contributed by atoms with E-state index in [4.69, 9.17) is 4.42 Å². The molecule has 1 heterocycles. The molecule has 0 amide bonds. The number of para-hydroxylation sites is 1. The highest BCUT2D eigenvalue weighted by Crippen LogP contribution is 2.45. The SMILES string of the molecule is CC1C=Cc2ccc3oc4cc(N(c5ccccc5)c5cc6ccccc6c6c5ccc5ccccc56)ccc4c3c2C1. The Bertz CT molecular complexity index is 2380. The lowest BCUT2D eigenvalue weighted by atomic mass is 9.88. The zero-order valence-corrected chi connectivity index (χ0v) is 23.9. The van der Waals surface area contributed by atoms with Gasteiger partial charge in [0.1, 0.15) is 11.2 Å². The Kier molecular flexibility index (Phi) is 5.27. The van der Waals surface area contributed by atoms with E-state index in [-0.39, 0.29) is 0 Å². The Morgan fingerprint density at radius 2 is 1.33 bits per heavy atom. The van der Waals surface area contributed by atoms with Gasteiger partial charge in [-0.25, -0.2) is 0 Å². The first-order chi connectivity index (χ1) is 21.2. The van der Waals surface area contributed by atoms with E-state index in [0.717, 1.165) is 34.6 Å². The molecule has 0 fully saturated rings. The molecule has 0 bridgehead atoms. The van der Waals surface area contributed by atoms with Crippen molar-refractivity contribution in [1.82, 2.24) is 0 Å². The molecular formula is C41H29NO. The number of hydrogen-bond donors (Lipinski definition) is 0. The van der Waals surface area contributed by atoms with Gasteiger partial charge < -0.3 is 9.32 Å². The Hall–Kier alpha value is -5.34. The number of fused-ring (bicyclic) bond motifs is 10. The van der Waals surface area contributed by atoms with Gasteiger partial charge in [0.2, 0.25) is 0 Å². The van der Waals surface area contributed by atoms with E-state index in [9.17, 15) is 0 Å².